The fourth-order valence-electron chi connectivity index (χ4n) is 4.40. The number of rotatable bonds is 7. The third-order valence-corrected chi connectivity index (χ3v) is 6.04. The Balaban J connectivity index is 1.30. The maximum atomic E-state index is 11.9. The molecule has 0 unspecified atom stereocenters. The van der Waals surface area contributed by atoms with Crippen LogP contribution in [0.3, 0.4) is 0 Å². The van der Waals surface area contributed by atoms with E-state index in [9.17, 15) is 9.90 Å². The number of nitrogens with zero attached hydrogens (tertiary/aromatic N) is 1. The number of likely N-dealkylation sites (tertiary alicyclic amines) is 1. The van der Waals surface area contributed by atoms with Crippen molar-refractivity contribution in [2.45, 2.75) is 19.4 Å². The van der Waals surface area contributed by atoms with Crippen molar-refractivity contribution in [1.29, 1.82) is 0 Å². The first kappa shape index (κ1) is 19.0. The number of carboxylic acids is 1. The fraction of sp³-hybridized carbons (Fsp3) is 0.435. The zero-order chi connectivity index (χ0) is 19.4. The smallest absolute Gasteiger partial charge is 0.311 e. The zero-order valence-corrected chi connectivity index (χ0v) is 16.0. The number of carbonyl (C=O) groups is 1. The Labute approximate surface area is 165 Å². The summed E-state index contributed by atoms with van der Waals surface area (Å²) in [6, 6.07) is 18.5. The van der Waals surface area contributed by atoms with E-state index >= 15 is 0 Å². The second kappa shape index (κ2) is 8.33. The van der Waals surface area contributed by atoms with Gasteiger partial charge in [-0.15, -0.1) is 0 Å². The van der Waals surface area contributed by atoms with Gasteiger partial charge in [0.2, 0.25) is 0 Å². The van der Waals surface area contributed by atoms with Crippen LogP contribution < -0.4 is 4.74 Å². The van der Waals surface area contributed by atoms with Crippen LogP contribution >= 0.6 is 0 Å². The lowest BCUT2D eigenvalue weighted by Gasteiger charge is -2.34. The predicted molar refractivity (Wildman–Crippen MR) is 106 cm³/mol. The predicted octanol–water partition coefficient (Wildman–Crippen LogP) is 3.23. The summed E-state index contributed by atoms with van der Waals surface area (Å²) in [5, 5.41) is 9.79. The van der Waals surface area contributed by atoms with Crippen molar-refractivity contribution in [3.63, 3.8) is 0 Å². The van der Waals surface area contributed by atoms with Crippen molar-refractivity contribution in [2.24, 2.45) is 11.3 Å². The molecule has 0 bridgehead atoms. The summed E-state index contributed by atoms with van der Waals surface area (Å²) in [6.07, 6.45) is 1.49. The van der Waals surface area contributed by atoms with Crippen molar-refractivity contribution in [2.75, 3.05) is 32.9 Å². The first-order valence-electron chi connectivity index (χ1n) is 9.95. The van der Waals surface area contributed by atoms with Crippen LogP contribution in [-0.2, 0) is 22.5 Å². The monoisotopic (exact) mass is 381 g/mol. The SMILES string of the molecule is O=C(O)[C@]12CCOC[C@H]1CN(Cc1ccc(OCCc3ccccc3)cc1)C2. The minimum absolute atomic E-state index is 0.0827. The minimum Gasteiger partial charge on any atom is -0.493 e. The summed E-state index contributed by atoms with van der Waals surface area (Å²) < 4.78 is 11.4. The van der Waals surface area contributed by atoms with Gasteiger partial charge in [0, 0.05) is 38.6 Å². The lowest BCUT2D eigenvalue weighted by molar-refractivity contribution is -0.157. The molecule has 28 heavy (non-hydrogen) atoms. The standard InChI is InChI=1S/C23H27NO4/c25-22(26)23-11-13-27-16-20(23)15-24(17-23)14-19-6-8-21(9-7-19)28-12-10-18-4-2-1-3-5-18/h1-9,20H,10-17H2,(H,25,26)/t20-,23+/m1/s1. The quantitative estimate of drug-likeness (QED) is 0.798. The van der Waals surface area contributed by atoms with Gasteiger partial charge in [-0.25, -0.2) is 0 Å². The van der Waals surface area contributed by atoms with E-state index in [1.54, 1.807) is 0 Å². The van der Waals surface area contributed by atoms with Gasteiger partial charge in [-0.2, -0.15) is 0 Å². The van der Waals surface area contributed by atoms with E-state index < -0.39 is 11.4 Å². The van der Waals surface area contributed by atoms with Gasteiger partial charge in [-0.3, -0.25) is 9.69 Å². The molecule has 2 fully saturated rings. The lowest BCUT2D eigenvalue weighted by Crippen LogP contribution is -2.44. The number of fused-ring (bicyclic) bond motifs is 1. The molecule has 2 aromatic carbocycles. The van der Waals surface area contributed by atoms with E-state index in [0.29, 0.717) is 32.8 Å². The number of aliphatic carboxylic acids is 1. The molecule has 0 saturated carbocycles. The van der Waals surface area contributed by atoms with Crippen molar-refractivity contribution in [3.8, 4) is 5.75 Å². The van der Waals surface area contributed by atoms with Crippen LogP contribution in [0.2, 0.25) is 0 Å². The van der Waals surface area contributed by atoms with Gasteiger partial charge in [0.1, 0.15) is 5.75 Å². The summed E-state index contributed by atoms with van der Waals surface area (Å²) in [5.74, 6) is 0.273. The molecule has 0 aliphatic carbocycles. The molecule has 0 amide bonds. The molecule has 2 aliphatic heterocycles. The Morgan fingerprint density at radius 1 is 1.14 bits per heavy atom. The van der Waals surface area contributed by atoms with Crippen LogP contribution in [0.25, 0.3) is 0 Å². The van der Waals surface area contributed by atoms with E-state index in [0.717, 1.165) is 25.3 Å². The molecule has 2 saturated heterocycles. The normalized spacial score (nSPS) is 24.6. The van der Waals surface area contributed by atoms with Gasteiger partial charge in [0.05, 0.1) is 18.6 Å². The average Bonchev–Trinajstić information content (AvgIpc) is 3.09. The Bertz CT molecular complexity index is 792. The highest BCUT2D eigenvalue weighted by molar-refractivity contribution is 5.76. The topological polar surface area (TPSA) is 59.0 Å². The van der Waals surface area contributed by atoms with Crippen molar-refractivity contribution < 1.29 is 19.4 Å². The van der Waals surface area contributed by atoms with E-state index in [1.807, 2.05) is 30.3 Å². The maximum absolute atomic E-state index is 11.9. The van der Waals surface area contributed by atoms with Gasteiger partial charge in [-0.05, 0) is 29.7 Å². The Kier molecular flexibility index (Phi) is 5.64. The highest BCUT2D eigenvalue weighted by Crippen LogP contribution is 2.42. The second-order valence-corrected chi connectivity index (χ2v) is 7.88. The highest BCUT2D eigenvalue weighted by Gasteiger charge is 2.53. The molecule has 0 radical (unpaired) electrons. The van der Waals surface area contributed by atoms with E-state index in [4.69, 9.17) is 9.47 Å². The Hall–Kier alpha value is -2.37. The van der Waals surface area contributed by atoms with Crippen molar-refractivity contribution in [1.82, 2.24) is 4.90 Å². The lowest BCUT2D eigenvalue weighted by atomic mass is 9.74. The molecule has 1 N–H and O–H groups in total. The molecule has 0 spiro atoms. The number of hydrogen-bond donors (Lipinski definition) is 1. The van der Waals surface area contributed by atoms with Crippen LogP contribution in [0.15, 0.2) is 54.6 Å². The summed E-state index contributed by atoms with van der Waals surface area (Å²) in [6.45, 7) is 3.89. The zero-order valence-electron chi connectivity index (χ0n) is 16.0. The molecule has 2 atom stereocenters. The molecule has 2 aliphatic rings. The van der Waals surface area contributed by atoms with Crippen molar-refractivity contribution in [3.05, 3.63) is 65.7 Å². The van der Waals surface area contributed by atoms with Gasteiger partial charge >= 0.3 is 5.97 Å². The minimum atomic E-state index is -0.675. The summed E-state index contributed by atoms with van der Waals surface area (Å²) in [7, 11) is 0. The van der Waals surface area contributed by atoms with E-state index in [1.165, 1.54) is 11.1 Å². The molecular formula is C23H27NO4. The number of carboxylic acid groups (broad SMARTS) is 1. The van der Waals surface area contributed by atoms with Gasteiger partial charge in [0.25, 0.3) is 0 Å². The van der Waals surface area contributed by atoms with Crippen molar-refractivity contribution >= 4 is 5.97 Å². The Morgan fingerprint density at radius 2 is 1.93 bits per heavy atom. The van der Waals surface area contributed by atoms with Crippen LogP contribution in [0.4, 0.5) is 0 Å². The van der Waals surface area contributed by atoms with Crippen LogP contribution in [-0.4, -0.2) is 48.9 Å². The third-order valence-electron chi connectivity index (χ3n) is 6.04. The second-order valence-electron chi connectivity index (χ2n) is 7.88. The molecule has 2 aromatic rings. The van der Waals surface area contributed by atoms with E-state index in [2.05, 4.69) is 29.2 Å². The molecular weight excluding hydrogens is 354 g/mol. The molecule has 2 heterocycles. The number of ether oxygens (including phenoxy) is 2. The molecule has 5 nitrogen and oxygen atoms in total. The molecule has 4 rings (SSSR count). The van der Waals surface area contributed by atoms with Gasteiger partial charge < -0.3 is 14.6 Å². The fourth-order valence-corrected chi connectivity index (χ4v) is 4.40. The summed E-state index contributed by atoms with van der Waals surface area (Å²) in [4.78, 5) is 14.2. The molecule has 148 valence electrons. The van der Waals surface area contributed by atoms with Gasteiger partial charge in [0.15, 0.2) is 0 Å². The first-order valence-corrected chi connectivity index (χ1v) is 9.95. The maximum Gasteiger partial charge on any atom is 0.311 e. The highest BCUT2D eigenvalue weighted by atomic mass is 16.5. The van der Waals surface area contributed by atoms with Gasteiger partial charge in [-0.1, -0.05) is 42.5 Å². The third kappa shape index (κ3) is 4.05. The number of hydrogen-bond acceptors (Lipinski definition) is 4. The molecule has 0 aromatic heterocycles. The van der Waals surface area contributed by atoms with E-state index in [-0.39, 0.29) is 5.92 Å². The summed E-state index contributed by atoms with van der Waals surface area (Å²) >= 11 is 0. The van der Waals surface area contributed by atoms with Crippen LogP contribution in [0.5, 0.6) is 5.75 Å². The average molecular weight is 381 g/mol. The van der Waals surface area contributed by atoms with Crippen LogP contribution in [0.1, 0.15) is 17.5 Å². The first-order chi connectivity index (χ1) is 13.7. The summed E-state index contributed by atoms with van der Waals surface area (Å²) in [5.41, 5.74) is 1.81. The van der Waals surface area contributed by atoms with Crippen LogP contribution in [0, 0.1) is 11.3 Å². The molecule has 5 heteroatoms. The number of benzene rings is 2. The Morgan fingerprint density at radius 3 is 2.64 bits per heavy atom. The largest absolute Gasteiger partial charge is 0.493 e.